The molecule has 2 atom stereocenters. The van der Waals surface area contributed by atoms with Crippen LogP contribution in [0.15, 0.2) is 48.0 Å². The summed E-state index contributed by atoms with van der Waals surface area (Å²) in [7, 11) is 0. The summed E-state index contributed by atoms with van der Waals surface area (Å²) in [6.07, 6.45) is 3.45. The topological polar surface area (TPSA) is 111 Å². The monoisotopic (exact) mass is 499 g/mol. The van der Waals surface area contributed by atoms with Crippen LogP contribution in [-0.2, 0) is 11.5 Å². The Morgan fingerprint density at radius 3 is 2.12 bits per heavy atom. The Kier molecular flexibility index (Phi) is 10.1. The lowest BCUT2D eigenvalue weighted by molar-refractivity contribution is 0.0975. The molecule has 4 N–H and O–H groups in total. The van der Waals surface area contributed by atoms with Crippen molar-refractivity contribution >= 4 is 35.4 Å². The van der Waals surface area contributed by atoms with Crippen LogP contribution in [0.3, 0.4) is 0 Å². The first-order valence-electron chi connectivity index (χ1n) is 11.3. The van der Waals surface area contributed by atoms with Gasteiger partial charge in [0.05, 0.1) is 30.6 Å². The van der Waals surface area contributed by atoms with Crippen LogP contribution in [0, 0.1) is 13.8 Å². The molecule has 0 fully saturated rings. The van der Waals surface area contributed by atoms with Crippen molar-refractivity contribution in [2.75, 3.05) is 13.1 Å². The average Bonchev–Trinajstić information content (AvgIpc) is 3.45. The first kappa shape index (κ1) is 25.9. The quantitative estimate of drug-likeness (QED) is 0.234. The fourth-order valence-electron chi connectivity index (χ4n) is 2.99. The van der Waals surface area contributed by atoms with Gasteiger partial charge in [0.15, 0.2) is 5.96 Å². The van der Waals surface area contributed by atoms with E-state index in [4.69, 9.17) is 4.99 Å². The number of benzene rings is 1. The van der Waals surface area contributed by atoms with E-state index in [0.717, 1.165) is 34.3 Å². The van der Waals surface area contributed by atoms with Gasteiger partial charge in [0.25, 0.3) is 5.91 Å². The molecule has 0 saturated heterocycles. The first-order chi connectivity index (χ1) is 16.4. The summed E-state index contributed by atoms with van der Waals surface area (Å²) in [5.74, 6) is 1.99. The number of hydrogen-bond acceptors (Lipinski definition) is 6. The third kappa shape index (κ3) is 8.25. The molecule has 1 aromatic carbocycles. The standard InChI is InChI=1S/C24H33N7OS2/c1-16(33-12-21-18(3)27-14-29-21)10-25-24(31-23(32)20-8-6-5-7-9-20)26-11-17(2)34-13-22-19(4)28-15-30-22/h5-9,14-17H,10-13H2,1-4H3,(H,27,29)(H,28,30)(H2,25,26,31,32). The summed E-state index contributed by atoms with van der Waals surface area (Å²) >= 11 is 3.60. The van der Waals surface area contributed by atoms with Crippen LogP contribution in [0.1, 0.15) is 47.0 Å². The summed E-state index contributed by atoms with van der Waals surface area (Å²) in [5.41, 5.74) is 4.93. The van der Waals surface area contributed by atoms with Crippen molar-refractivity contribution in [3.8, 4) is 0 Å². The highest BCUT2D eigenvalue weighted by atomic mass is 32.2. The first-order valence-corrected chi connectivity index (χ1v) is 13.4. The molecule has 3 rings (SSSR count). The minimum atomic E-state index is -0.174. The average molecular weight is 500 g/mol. The lowest BCUT2D eigenvalue weighted by Crippen LogP contribution is -2.43. The number of guanidine groups is 1. The molecule has 0 saturated carbocycles. The lowest BCUT2D eigenvalue weighted by atomic mass is 10.2. The molecular formula is C24H33N7OS2. The number of nitrogens with one attached hydrogen (secondary N) is 4. The Labute approximate surface area is 209 Å². The predicted octanol–water partition coefficient (Wildman–Crippen LogP) is 4.07. The fraction of sp³-hybridized carbons (Fsp3) is 0.417. The minimum Gasteiger partial charge on any atom is -0.355 e. The van der Waals surface area contributed by atoms with Crippen molar-refractivity contribution in [3.63, 3.8) is 0 Å². The molecule has 2 unspecified atom stereocenters. The number of carbonyl (C=O) groups excluding carboxylic acids is 1. The molecule has 10 heteroatoms. The van der Waals surface area contributed by atoms with Crippen molar-refractivity contribution in [2.45, 2.75) is 49.7 Å². The zero-order valence-electron chi connectivity index (χ0n) is 20.1. The number of nitrogens with zero attached hydrogens (tertiary/aromatic N) is 3. The third-order valence-corrected chi connectivity index (χ3v) is 7.54. The number of aromatic amines is 2. The maximum absolute atomic E-state index is 12.7. The number of aryl methyl sites for hydroxylation is 2. The number of thioether (sulfide) groups is 2. The van der Waals surface area contributed by atoms with E-state index in [-0.39, 0.29) is 11.2 Å². The van der Waals surface area contributed by atoms with Crippen molar-refractivity contribution < 1.29 is 4.79 Å². The number of hydrogen-bond donors (Lipinski definition) is 4. The fourth-order valence-corrected chi connectivity index (χ4v) is 4.84. The van der Waals surface area contributed by atoms with Gasteiger partial charge in [-0.2, -0.15) is 23.5 Å². The van der Waals surface area contributed by atoms with Crippen LogP contribution in [0.2, 0.25) is 0 Å². The predicted molar refractivity (Wildman–Crippen MR) is 142 cm³/mol. The van der Waals surface area contributed by atoms with Crippen molar-refractivity contribution in [2.24, 2.45) is 4.99 Å². The van der Waals surface area contributed by atoms with E-state index in [1.165, 1.54) is 0 Å². The van der Waals surface area contributed by atoms with Crippen molar-refractivity contribution in [1.29, 1.82) is 0 Å². The highest BCUT2D eigenvalue weighted by molar-refractivity contribution is 7.99. The van der Waals surface area contributed by atoms with Gasteiger partial charge in [-0.05, 0) is 26.0 Å². The largest absolute Gasteiger partial charge is 0.355 e. The summed E-state index contributed by atoms with van der Waals surface area (Å²) in [4.78, 5) is 32.4. The Hall–Kier alpha value is -2.72. The zero-order valence-corrected chi connectivity index (χ0v) is 21.7. The van der Waals surface area contributed by atoms with Gasteiger partial charge < -0.3 is 15.3 Å². The minimum absolute atomic E-state index is 0.174. The molecule has 2 heterocycles. The van der Waals surface area contributed by atoms with Gasteiger partial charge in [0.2, 0.25) is 0 Å². The van der Waals surface area contributed by atoms with E-state index in [0.29, 0.717) is 29.9 Å². The molecule has 3 aromatic rings. The summed E-state index contributed by atoms with van der Waals surface area (Å²) in [6.45, 7) is 9.61. The van der Waals surface area contributed by atoms with Gasteiger partial charge in [0.1, 0.15) is 0 Å². The molecule has 0 aliphatic carbocycles. The molecular weight excluding hydrogens is 466 g/mol. The van der Waals surface area contributed by atoms with E-state index in [9.17, 15) is 4.79 Å². The van der Waals surface area contributed by atoms with Crippen LogP contribution >= 0.6 is 23.5 Å². The molecule has 0 bridgehead atoms. The lowest BCUT2D eigenvalue weighted by Gasteiger charge is -2.16. The van der Waals surface area contributed by atoms with Crippen LogP contribution in [0.25, 0.3) is 0 Å². The van der Waals surface area contributed by atoms with Crippen LogP contribution < -0.4 is 10.6 Å². The SMILES string of the molecule is Cc1[nH]cnc1CSC(C)CN=C(NCC(C)SCc1nc[nH]c1C)NC(=O)c1ccccc1. The number of H-pyrrole nitrogens is 2. The normalized spacial score (nSPS) is 13.5. The van der Waals surface area contributed by atoms with Crippen molar-refractivity contribution in [3.05, 3.63) is 71.3 Å². The summed E-state index contributed by atoms with van der Waals surface area (Å²) in [5, 5.41) is 6.87. The zero-order chi connectivity index (χ0) is 24.3. The molecule has 182 valence electrons. The van der Waals surface area contributed by atoms with E-state index in [2.05, 4.69) is 44.4 Å². The molecule has 8 nitrogen and oxygen atoms in total. The molecule has 34 heavy (non-hydrogen) atoms. The smallest absolute Gasteiger partial charge is 0.257 e. The van der Waals surface area contributed by atoms with Crippen LogP contribution in [0.4, 0.5) is 0 Å². The highest BCUT2D eigenvalue weighted by Crippen LogP contribution is 2.19. The molecule has 0 aliphatic rings. The Bertz CT molecular complexity index is 1060. The molecule has 1 amide bonds. The van der Waals surface area contributed by atoms with Gasteiger partial charge >= 0.3 is 0 Å². The van der Waals surface area contributed by atoms with Gasteiger partial charge in [0, 0.05) is 45.5 Å². The Morgan fingerprint density at radius 2 is 1.56 bits per heavy atom. The van der Waals surface area contributed by atoms with E-state index < -0.39 is 0 Å². The van der Waals surface area contributed by atoms with Gasteiger partial charge in [-0.3, -0.25) is 15.1 Å². The van der Waals surface area contributed by atoms with Gasteiger partial charge in [-0.25, -0.2) is 9.97 Å². The summed E-state index contributed by atoms with van der Waals surface area (Å²) < 4.78 is 0. The second-order valence-electron chi connectivity index (χ2n) is 8.08. The van der Waals surface area contributed by atoms with E-state index >= 15 is 0 Å². The van der Waals surface area contributed by atoms with Crippen LogP contribution in [0.5, 0.6) is 0 Å². The van der Waals surface area contributed by atoms with Gasteiger partial charge in [-0.1, -0.05) is 32.0 Å². The van der Waals surface area contributed by atoms with Crippen molar-refractivity contribution in [1.82, 2.24) is 30.6 Å². The van der Waals surface area contributed by atoms with Gasteiger partial charge in [-0.15, -0.1) is 0 Å². The molecule has 0 spiro atoms. The number of aromatic nitrogens is 4. The van der Waals surface area contributed by atoms with E-state index in [1.807, 2.05) is 43.8 Å². The number of rotatable bonds is 11. The number of carbonyl (C=O) groups is 1. The number of imidazole rings is 2. The number of aliphatic imine (C=N–C) groups is 1. The molecule has 2 aromatic heterocycles. The highest BCUT2D eigenvalue weighted by Gasteiger charge is 2.13. The Balaban J connectivity index is 1.55. The number of amides is 1. The summed E-state index contributed by atoms with van der Waals surface area (Å²) in [6, 6.07) is 9.18. The second kappa shape index (κ2) is 13.2. The molecule has 0 aliphatic heterocycles. The maximum atomic E-state index is 12.7. The van der Waals surface area contributed by atoms with Crippen LogP contribution in [-0.4, -0.2) is 55.4 Å². The Morgan fingerprint density at radius 1 is 0.971 bits per heavy atom. The van der Waals surface area contributed by atoms with E-state index in [1.54, 1.807) is 36.5 Å². The third-order valence-electron chi connectivity index (χ3n) is 5.21. The second-order valence-corrected chi connectivity index (χ2v) is 10.9. The maximum Gasteiger partial charge on any atom is 0.257 e. The molecule has 0 radical (unpaired) electrons.